The number of carbonyl (C=O) groups excluding carboxylic acids is 1. The lowest BCUT2D eigenvalue weighted by Gasteiger charge is -2.25. The number of hydrogen-bond acceptors (Lipinski definition) is 4. The van der Waals surface area contributed by atoms with Crippen LogP contribution in [0.25, 0.3) is 0 Å². The van der Waals surface area contributed by atoms with Crippen LogP contribution in [0.2, 0.25) is 5.02 Å². The summed E-state index contributed by atoms with van der Waals surface area (Å²) in [5.74, 6) is 0.723. The Morgan fingerprint density at radius 2 is 2.00 bits per heavy atom. The third-order valence-electron chi connectivity index (χ3n) is 3.25. The van der Waals surface area contributed by atoms with Crippen molar-refractivity contribution in [2.24, 2.45) is 5.73 Å². The summed E-state index contributed by atoms with van der Waals surface area (Å²) in [5.41, 5.74) is 6.83. The van der Waals surface area contributed by atoms with E-state index in [2.05, 4.69) is 5.32 Å². The predicted octanol–water partition coefficient (Wildman–Crippen LogP) is 3.03. The molecule has 1 amide bonds. The zero-order valence-corrected chi connectivity index (χ0v) is 15.4. The minimum atomic E-state index is -0.484. The van der Waals surface area contributed by atoms with E-state index in [4.69, 9.17) is 22.1 Å². The van der Waals surface area contributed by atoms with Gasteiger partial charge in [-0.15, -0.1) is 12.4 Å². The van der Waals surface area contributed by atoms with E-state index in [0.29, 0.717) is 11.4 Å². The van der Waals surface area contributed by atoms with Crippen molar-refractivity contribution in [1.82, 2.24) is 5.32 Å². The summed E-state index contributed by atoms with van der Waals surface area (Å²) in [6.07, 6.45) is 2.42. The van der Waals surface area contributed by atoms with Crippen LogP contribution in [0.15, 0.2) is 24.3 Å². The lowest BCUT2D eigenvalue weighted by molar-refractivity contribution is -0.124. The van der Waals surface area contributed by atoms with E-state index >= 15 is 0 Å². The first-order chi connectivity index (χ1) is 9.99. The number of ether oxygens (including phenoxy) is 1. The Morgan fingerprint density at radius 3 is 2.50 bits per heavy atom. The van der Waals surface area contributed by atoms with E-state index in [1.807, 2.05) is 37.4 Å². The van der Waals surface area contributed by atoms with E-state index in [-0.39, 0.29) is 30.5 Å². The van der Waals surface area contributed by atoms with Crippen molar-refractivity contribution in [2.75, 3.05) is 19.1 Å². The van der Waals surface area contributed by atoms with Crippen LogP contribution < -0.4 is 11.1 Å². The highest BCUT2D eigenvalue weighted by molar-refractivity contribution is 7.98. The van der Waals surface area contributed by atoms with Crippen LogP contribution in [0.4, 0.5) is 0 Å². The number of rotatable bonds is 8. The summed E-state index contributed by atoms with van der Waals surface area (Å²) in [7, 11) is 1.62. The summed E-state index contributed by atoms with van der Waals surface area (Å²) in [4.78, 5) is 12.0. The van der Waals surface area contributed by atoms with Crippen molar-refractivity contribution >= 4 is 41.7 Å². The highest BCUT2D eigenvalue weighted by atomic mass is 35.5. The van der Waals surface area contributed by atoms with E-state index in [1.54, 1.807) is 18.9 Å². The van der Waals surface area contributed by atoms with Crippen LogP contribution >= 0.6 is 35.8 Å². The third-order valence-corrected chi connectivity index (χ3v) is 4.14. The second kappa shape index (κ2) is 11.1. The molecule has 0 aromatic heterocycles. The number of halogens is 2. The molecule has 0 aliphatic rings. The highest BCUT2D eigenvalue weighted by Crippen LogP contribution is 2.22. The van der Waals surface area contributed by atoms with Crippen LogP contribution in [-0.4, -0.2) is 37.1 Å². The largest absolute Gasteiger partial charge is 0.375 e. The van der Waals surface area contributed by atoms with Crippen molar-refractivity contribution in [1.29, 1.82) is 0 Å². The van der Waals surface area contributed by atoms with Gasteiger partial charge in [0.1, 0.15) is 6.10 Å². The maximum Gasteiger partial charge on any atom is 0.237 e. The topological polar surface area (TPSA) is 64.3 Å². The molecule has 3 atom stereocenters. The standard InChI is InChI=1S/C15H23ClN2O2S.ClH/c1-10(18-15(19)13(17)8-9-21-3)14(20-2)11-4-6-12(16)7-5-11;/h4-7,10,13-14H,8-9,17H2,1-3H3,(H,18,19);1H/t10?,13-,14?;/m0./s1. The van der Waals surface area contributed by atoms with Crippen molar-refractivity contribution < 1.29 is 9.53 Å². The second-order valence-corrected chi connectivity index (χ2v) is 6.32. The molecule has 126 valence electrons. The molecular weight excluding hydrogens is 343 g/mol. The summed E-state index contributed by atoms with van der Waals surface area (Å²) in [6.45, 7) is 1.90. The minimum absolute atomic E-state index is 0. The minimum Gasteiger partial charge on any atom is -0.375 e. The first-order valence-corrected chi connectivity index (χ1v) is 8.60. The van der Waals surface area contributed by atoms with Crippen molar-refractivity contribution in [3.05, 3.63) is 34.9 Å². The Balaban J connectivity index is 0.00000441. The van der Waals surface area contributed by atoms with Gasteiger partial charge in [0, 0.05) is 12.1 Å². The fourth-order valence-electron chi connectivity index (χ4n) is 2.06. The molecule has 7 heteroatoms. The van der Waals surface area contributed by atoms with Crippen LogP contribution in [0, 0.1) is 0 Å². The van der Waals surface area contributed by atoms with E-state index in [0.717, 1.165) is 11.3 Å². The van der Waals surface area contributed by atoms with Crippen molar-refractivity contribution in [3.63, 3.8) is 0 Å². The van der Waals surface area contributed by atoms with Gasteiger partial charge in [-0.3, -0.25) is 4.79 Å². The molecule has 1 aromatic rings. The van der Waals surface area contributed by atoms with Gasteiger partial charge in [0.05, 0.1) is 12.1 Å². The van der Waals surface area contributed by atoms with Gasteiger partial charge in [-0.2, -0.15) is 11.8 Å². The maximum atomic E-state index is 12.0. The molecular formula is C15H24Cl2N2O2S. The van der Waals surface area contributed by atoms with Gasteiger partial charge >= 0.3 is 0 Å². The molecule has 22 heavy (non-hydrogen) atoms. The summed E-state index contributed by atoms with van der Waals surface area (Å²) in [6, 6.07) is 6.75. The quantitative estimate of drug-likeness (QED) is 0.741. The number of amides is 1. The van der Waals surface area contributed by atoms with E-state index in [9.17, 15) is 4.79 Å². The fraction of sp³-hybridized carbons (Fsp3) is 0.533. The van der Waals surface area contributed by atoms with Crippen molar-refractivity contribution in [3.8, 4) is 0 Å². The number of carbonyl (C=O) groups is 1. The Morgan fingerprint density at radius 1 is 1.41 bits per heavy atom. The molecule has 0 aliphatic carbocycles. The highest BCUT2D eigenvalue weighted by Gasteiger charge is 2.23. The first kappa shape index (κ1) is 21.5. The number of thioether (sulfide) groups is 1. The normalized spacial score (nSPS) is 14.6. The van der Waals surface area contributed by atoms with Gasteiger partial charge in [0.25, 0.3) is 0 Å². The van der Waals surface area contributed by atoms with E-state index < -0.39 is 6.04 Å². The zero-order valence-electron chi connectivity index (χ0n) is 13.0. The van der Waals surface area contributed by atoms with Crippen molar-refractivity contribution in [2.45, 2.75) is 31.5 Å². The van der Waals surface area contributed by atoms with Gasteiger partial charge in [-0.25, -0.2) is 0 Å². The van der Waals surface area contributed by atoms with E-state index in [1.165, 1.54) is 0 Å². The Bertz CT molecular complexity index is 446. The summed E-state index contributed by atoms with van der Waals surface area (Å²) in [5, 5.41) is 3.59. The molecule has 4 nitrogen and oxygen atoms in total. The number of nitrogens with two attached hydrogens (primary N) is 1. The van der Waals surface area contributed by atoms with Gasteiger partial charge in [0.15, 0.2) is 0 Å². The van der Waals surface area contributed by atoms with Gasteiger partial charge in [-0.1, -0.05) is 23.7 Å². The molecule has 0 saturated carbocycles. The molecule has 1 aromatic carbocycles. The van der Waals surface area contributed by atoms with Crippen LogP contribution in [0.3, 0.4) is 0 Å². The number of methoxy groups -OCH3 is 1. The van der Waals surface area contributed by atoms with Crippen LogP contribution in [0.1, 0.15) is 25.0 Å². The second-order valence-electron chi connectivity index (χ2n) is 4.89. The fourth-order valence-corrected chi connectivity index (χ4v) is 2.68. The molecule has 3 N–H and O–H groups in total. The molecule has 0 saturated heterocycles. The average Bonchev–Trinajstić information content (AvgIpc) is 2.47. The first-order valence-electron chi connectivity index (χ1n) is 6.82. The molecule has 0 radical (unpaired) electrons. The maximum absolute atomic E-state index is 12.0. The number of hydrogen-bond donors (Lipinski definition) is 2. The molecule has 0 aliphatic heterocycles. The predicted molar refractivity (Wildman–Crippen MR) is 97.0 cm³/mol. The van der Waals surface area contributed by atoms with Gasteiger partial charge < -0.3 is 15.8 Å². The molecule has 0 fully saturated rings. The molecule has 1 rings (SSSR count). The van der Waals surface area contributed by atoms with Crippen LogP contribution in [0.5, 0.6) is 0 Å². The average molecular weight is 367 g/mol. The van der Waals surface area contributed by atoms with Gasteiger partial charge in [0.2, 0.25) is 5.91 Å². The molecule has 0 heterocycles. The van der Waals surface area contributed by atoms with Gasteiger partial charge in [-0.05, 0) is 43.0 Å². The van der Waals surface area contributed by atoms with Crippen LogP contribution in [-0.2, 0) is 9.53 Å². The Labute approximate surface area is 147 Å². The summed E-state index contributed by atoms with van der Waals surface area (Å²) < 4.78 is 5.50. The third kappa shape index (κ3) is 6.75. The lowest BCUT2D eigenvalue weighted by Crippen LogP contribution is -2.46. The lowest BCUT2D eigenvalue weighted by atomic mass is 10.0. The molecule has 0 spiro atoms. The monoisotopic (exact) mass is 366 g/mol. The molecule has 2 unspecified atom stereocenters. The number of nitrogens with one attached hydrogen (secondary N) is 1. The summed E-state index contributed by atoms with van der Waals surface area (Å²) >= 11 is 7.56. The smallest absolute Gasteiger partial charge is 0.237 e. The Hall–Kier alpha value is -0.460. The zero-order chi connectivity index (χ0) is 15.8. The number of benzene rings is 1. The Kier molecular flexibility index (Phi) is 10.9. The molecule has 0 bridgehead atoms. The SMILES string of the molecule is COC(c1ccc(Cl)cc1)C(C)NC(=O)[C@@H](N)CCSC.Cl.